The largest absolute Gasteiger partial charge is 0.465 e. The van der Waals surface area contributed by atoms with E-state index in [0.29, 0.717) is 12.0 Å². The van der Waals surface area contributed by atoms with E-state index < -0.39 is 5.54 Å². The molecular formula is C16H32N2O2. The van der Waals surface area contributed by atoms with E-state index in [0.717, 1.165) is 26.1 Å². The first-order valence-corrected chi connectivity index (χ1v) is 7.91. The van der Waals surface area contributed by atoms with Crippen molar-refractivity contribution in [3.05, 3.63) is 0 Å². The molecule has 1 unspecified atom stereocenters. The monoisotopic (exact) mass is 284 g/mol. The van der Waals surface area contributed by atoms with Crippen molar-refractivity contribution in [2.75, 3.05) is 33.3 Å². The predicted octanol–water partition coefficient (Wildman–Crippen LogP) is 2.43. The van der Waals surface area contributed by atoms with Crippen LogP contribution in [0, 0.1) is 5.41 Å². The zero-order chi connectivity index (χ0) is 15.2. The van der Waals surface area contributed by atoms with Gasteiger partial charge in [0.1, 0.15) is 5.54 Å². The summed E-state index contributed by atoms with van der Waals surface area (Å²) in [4.78, 5) is 14.5. The van der Waals surface area contributed by atoms with Crippen LogP contribution < -0.4 is 5.32 Å². The number of carbonyl (C=O) groups is 1. The Bertz CT molecular complexity index is 318. The topological polar surface area (TPSA) is 41.6 Å². The number of carbonyl (C=O) groups excluding carboxylic acids is 1. The first-order chi connectivity index (χ1) is 9.33. The molecule has 1 saturated heterocycles. The molecule has 20 heavy (non-hydrogen) atoms. The van der Waals surface area contributed by atoms with Crippen LogP contribution in [0.2, 0.25) is 0 Å². The van der Waals surface area contributed by atoms with Gasteiger partial charge in [0.15, 0.2) is 0 Å². The van der Waals surface area contributed by atoms with Crippen molar-refractivity contribution in [3.63, 3.8) is 0 Å². The number of likely N-dealkylation sites (tertiary alicyclic amines) is 1. The molecule has 0 amide bonds. The molecule has 4 heteroatoms. The number of rotatable bonds is 6. The Kier molecular flexibility index (Phi) is 6.46. The number of ether oxygens (including phenoxy) is 1. The van der Waals surface area contributed by atoms with Gasteiger partial charge in [-0.1, -0.05) is 13.8 Å². The summed E-state index contributed by atoms with van der Waals surface area (Å²) in [6.07, 6.45) is 4.58. The molecule has 0 aromatic heterocycles. The van der Waals surface area contributed by atoms with Gasteiger partial charge in [-0.05, 0) is 65.1 Å². The third-order valence-corrected chi connectivity index (χ3v) is 4.64. The first kappa shape index (κ1) is 17.4. The highest BCUT2D eigenvalue weighted by Crippen LogP contribution is 2.30. The van der Waals surface area contributed by atoms with Gasteiger partial charge in [0.2, 0.25) is 0 Å². The molecule has 1 atom stereocenters. The second-order valence-electron chi connectivity index (χ2n) is 6.91. The van der Waals surface area contributed by atoms with Crippen molar-refractivity contribution in [1.29, 1.82) is 0 Å². The fraction of sp³-hybridized carbons (Fsp3) is 0.938. The van der Waals surface area contributed by atoms with Crippen LogP contribution in [-0.4, -0.2) is 49.7 Å². The summed E-state index contributed by atoms with van der Waals surface area (Å²) in [5, 5.41) is 3.13. The van der Waals surface area contributed by atoms with Crippen molar-refractivity contribution in [2.45, 2.75) is 58.9 Å². The Labute approximate surface area is 124 Å². The molecule has 118 valence electrons. The zero-order valence-electron chi connectivity index (χ0n) is 13.9. The van der Waals surface area contributed by atoms with Crippen LogP contribution in [0.3, 0.4) is 0 Å². The van der Waals surface area contributed by atoms with E-state index in [1.807, 2.05) is 20.9 Å². The van der Waals surface area contributed by atoms with Crippen molar-refractivity contribution >= 4 is 5.97 Å². The minimum atomic E-state index is -0.572. The molecule has 1 fully saturated rings. The smallest absolute Gasteiger partial charge is 0.326 e. The van der Waals surface area contributed by atoms with E-state index in [1.165, 1.54) is 19.3 Å². The molecule has 0 spiro atoms. The summed E-state index contributed by atoms with van der Waals surface area (Å²) < 4.78 is 5.18. The molecule has 1 heterocycles. The minimum Gasteiger partial charge on any atom is -0.465 e. The molecule has 0 aromatic carbocycles. The summed E-state index contributed by atoms with van der Waals surface area (Å²) in [5.74, 6) is -0.141. The lowest BCUT2D eigenvalue weighted by atomic mass is 9.85. The molecule has 1 N–H and O–H groups in total. The number of hydrogen-bond acceptors (Lipinski definition) is 4. The average molecular weight is 284 g/mol. The molecule has 4 nitrogen and oxygen atoms in total. The summed E-state index contributed by atoms with van der Waals surface area (Å²) in [7, 11) is 1.84. The first-order valence-electron chi connectivity index (χ1n) is 7.91. The van der Waals surface area contributed by atoms with Gasteiger partial charge in [0.25, 0.3) is 0 Å². The second kappa shape index (κ2) is 7.41. The van der Waals surface area contributed by atoms with Gasteiger partial charge in [-0.15, -0.1) is 0 Å². The van der Waals surface area contributed by atoms with Gasteiger partial charge < -0.3 is 15.0 Å². The predicted molar refractivity (Wildman–Crippen MR) is 82.8 cm³/mol. The lowest BCUT2D eigenvalue weighted by Gasteiger charge is -2.30. The third-order valence-electron chi connectivity index (χ3n) is 4.64. The Morgan fingerprint density at radius 2 is 2.05 bits per heavy atom. The maximum atomic E-state index is 12.0. The van der Waals surface area contributed by atoms with Crippen molar-refractivity contribution in [1.82, 2.24) is 10.2 Å². The quantitative estimate of drug-likeness (QED) is 0.761. The molecular weight excluding hydrogens is 252 g/mol. The fourth-order valence-electron chi connectivity index (χ4n) is 2.70. The second-order valence-corrected chi connectivity index (χ2v) is 6.91. The molecule has 0 aliphatic carbocycles. The van der Waals surface area contributed by atoms with Crippen LogP contribution in [-0.2, 0) is 9.53 Å². The van der Waals surface area contributed by atoms with Crippen molar-refractivity contribution in [3.8, 4) is 0 Å². The van der Waals surface area contributed by atoms with Gasteiger partial charge in [-0.25, -0.2) is 0 Å². The van der Waals surface area contributed by atoms with Crippen LogP contribution >= 0.6 is 0 Å². The molecule has 1 rings (SSSR count). The van der Waals surface area contributed by atoms with Crippen molar-refractivity contribution < 1.29 is 9.53 Å². The number of nitrogens with one attached hydrogen (secondary N) is 1. The number of esters is 1. The number of nitrogens with zero attached hydrogens (tertiary/aromatic N) is 1. The van der Waals surface area contributed by atoms with E-state index in [1.54, 1.807) is 0 Å². The van der Waals surface area contributed by atoms with E-state index in [2.05, 4.69) is 24.1 Å². The van der Waals surface area contributed by atoms with Gasteiger partial charge in [-0.3, -0.25) is 4.79 Å². The van der Waals surface area contributed by atoms with Crippen LogP contribution in [0.25, 0.3) is 0 Å². The van der Waals surface area contributed by atoms with Gasteiger partial charge in [-0.2, -0.15) is 0 Å². The summed E-state index contributed by atoms with van der Waals surface area (Å²) in [5.41, 5.74) is -0.111. The van der Waals surface area contributed by atoms with E-state index in [4.69, 9.17) is 4.74 Å². The molecule has 1 aliphatic heterocycles. The Balaban J connectivity index is 2.49. The Morgan fingerprint density at radius 3 is 2.65 bits per heavy atom. The molecule has 0 radical (unpaired) electrons. The number of hydrogen-bond donors (Lipinski definition) is 1. The van der Waals surface area contributed by atoms with E-state index >= 15 is 0 Å². The van der Waals surface area contributed by atoms with Gasteiger partial charge in [0, 0.05) is 6.54 Å². The van der Waals surface area contributed by atoms with E-state index in [-0.39, 0.29) is 5.97 Å². The molecule has 0 bridgehead atoms. The van der Waals surface area contributed by atoms with Gasteiger partial charge >= 0.3 is 5.97 Å². The average Bonchev–Trinajstić information content (AvgIpc) is 2.57. The minimum absolute atomic E-state index is 0.141. The summed E-state index contributed by atoms with van der Waals surface area (Å²) in [6, 6.07) is 0. The third kappa shape index (κ3) is 5.06. The molecule has 1 aliphatic rings. The highest BCUT2D eigenvalue weighted by atomic mass is 16.5. The Hall–Kier alpha value is -0.610. The standard InChI is InChI=1S/C16H32N2O2/c1-6-20-14(19)16(4,17-5)10-13-18-11-7-8-15(2,3)9-12-18/h17H,6-13H2,1-5H3. The van der Waals surface area contributed by atoms with Crippen molar-refractivity contribution in [2.24, 2.45) is 5.41 Å². The highest BCUT2D eigenvalue weighted by molar-refractivity contribution is 5.80. The lowest BCUT2D eigenvalue weighted by Crippen LogP contribution is -2.50. The van der Waals surface area contributed by atoms with E-state index in [9.17, 15) is 4.79 Å². The van der Waals surface area contributed by atoms with Crippen LogP contribution in [0.15, 0.2) is 0 Å². The van der Waals surface area contributed by atoms with Crippen LogP contribution in [0.4, 0.5) is 0 Å². The summed E-state index contributed by atoms with van der Waals surface area (Å²) >= 11 is 0. The van der Waals surface area contributed by atoms with Crippen LogP contribution in [0.5, 0.6) is 0 Å². The molecule has 0 aromatic rings. The van der Waals surface area contributed by atoms with Gasteiger partial charge in [0.05, 0.1) is 6.61 Å². The maximum absolute atomic E-state index is 12.0. The number of likely N-dealkylation sites (N-methyl/N-ethyl adjacent to an activating group) is 1. The van der Waals surface area contributed by atoms with Crippen LogP contribution in [0.1, 0.15) is 53.4 Å². The summed E-state index contributed by atoms with van der Waals surface area (Å²) in [6.45, 7) is 12.2. The highest BCUT2D eigenvalue weighted by Gasteiger charge is 2.33. The molecule has 0 saturated carbocycles. The lowest BCUT2D eigenvalue weighted by molar-refractivity contribution is -0.150. The Morgan fingerprint density at radius 1 is 1.35 bits per heavy atom. The normalized spacial score (nSPS) is 22.9. The fourth-order valence-corrected chi connectivity index (χ4v) is 2.70. The maximum Gasteiger partial charge on any atom is 0.326 e. The SMILES string of the molecule is CCOC(=O)C(C)(CCN1CCCC(C)(C)CC1)NC. The zero-order valence-corrected chi connectivity index (χ0v) is 13.9.